The molecule has 0 unspecified atom stereocenters. The number of nitrogens with one attached hydrogen (secondary N) is 2. The molecule has 0 fully saturated rings. The minimum atomic E-state index is -0.634. The molecule has 0 aliphatic rings. The van der Waals surface area contributed by atoms with Crippen molar-refractivity contribution in [3.63, 3.8) is 0 Å². The van der Waals surface area contributed by atoms with Crippen LogP contribution in [0.3, 0.4) is 0 Å². The molecular formula is C18H20N2O2. The van der Waals surface area contributed by atoms with Gasteiger partial charge in [-0.15, -0.1) is 0 Å². The molecule has 4 heteroatoms. The van der Waals surface area contributed by atoms with Crippen LogP contribution in [0.5, 0.6) is 0 Å². The summed E-state index contributed by atoms with van der Waals surface area (Å²) in [5, 5.41) is 5.32. The van der Waals surface area contributed by atoms with E-state index in [0.29, 0.717) is 18.7 Å². The van der Waals surface area contributed by atoms with Gasteiger partial charge in [0.05, 0.1) is 0 Å². The average molecular weight is 296 g/mol. The summed E-state index contributed by atoms with van der Waals surface area (Å²) in [4.78, 5) is 23.8. The SMILES string of the molecule is Cc1cccc(C)c1NC(=O)C(=O)NCCc1ccccc1. The third kappa shape index (κ3) is 4.19. The molecule has 0 aliphatic carbocycles. The van der Waals surface area contributed by atoms with Crippen molar-refractivity contribution in [3.8, 4) is 0 Å². The van der Waals surface area contributed by atoms with Crippen LogP contribution in [0, 0.1) is 13.8 Å². The van der Waals surface area contributed by atoms with Crippen molar-refractivity contribution in [2.75, 3.05) is 11.9 Å². The number of carbonyl (C=O) groups is 2. The molecule has 2 amide bonds. The Morgan fingerprint density at radius 2 is 1.50 bits per heavy atom. The van der Waals surface area contributed by atoms with Gasteiger partial charge in [0.2, 0.25) is 0 Å². The van der Waals surface area contributed by atoms with Gasteiger partial charge in [-0.25, -0.2) is 0 Å². The lowest BCUT2D eigenvalue weighted by atomic mass is 10.1. The smallest absolute Gasteiger partial charge is 0.313 e. The van der Waals surface area contributed by atoms with Crippen molar-refractivity contribution in [3.05, 3.63) is 65.2 Å². The molecule has 0 saturated heterocycles. The van der Waals surface area contributed by atoms with E-state index in [-0.39, 0.29) is 0 Å². The van der Waals surface area contributed by atoms with Crippen LogP contribution >= 0.6 is 0 Å². The topological polar surface area (TPSA) is 58.2 Å². The minimum absolute atomic E-state index is 0.434. The van der Waals surface area contributed by atoms with E-state index in [9.17, 15) is 9.59 Å². The highest BCUT2D eigenvalue weighted by Gasteiger charge is 2.15. The Labute approximate surface area is 130 Å². The fraction of sp³-hybridized carbons (Fsp3) is 0.222. The molecule has 2 aromatic carbocycles. The zero-order chi connectivity index (χ0) is 15.9. The molecule has 0 spiro atoms. The number of hydrogen-bond donors (Lipinski definition) is 2. The number of benzene rings is 2. The lowest BCUT2D eigenvalue weighted by molar-refractivity contribution is -0.136. The molecule has 0 heterocycles. The van der Waals surface area contributed by atoms with Gasteiger partial charge in [0, 0.05) is 12.2 Å². The van der Waals surface area contributed by atoms with Crippen LogP contribution in [0.25, 0.3) is 0 Å². The van der Waals surface area contributed by atoms with Crippen LogP contribution in [-0.2, 0) is 16.0 Å². The molecule has 0 atom stereocenters. The van der Waals surface area contributed by atoms with Gasteiger partial charge in [-0.2, -0.15) is 0 Å². The largest absolute Gasteiger partial charge is 0.347 e. The van der Waals surface area contributed by atoms with Crippen LogP contribution < -0.4 is 10.6 Å². The van der Waals surface area contributed by atoms with Crippen LogP contribution in [0.4, 0.5) is 5.69 Å². The summed E-state index contributed by atoms with van der Waals surface area (Å²) in [6.07, 6.45) is 0.698. The lowest BCUT2D eigenvalue weighted by Gasteiger charge is -2.11. The van der Waals surface area contributed by atoms with Gasteiger partial charge < -0.3 is 10.6 Å². The number of aryl methyl sites for hydroxylation is 2. The van der Waals surface area contributed by atoms with E-state index >= 15 is 0 Å². The van der Waals surface area contributed by atoms with E-state index in [1.807, 2.05) is 62.4 Å². The summed E-state index contributed by atoms with van der Waals surface area (Å²) in [6.45, 7) is 4.23. The molecule has 0 bridgehead atoms. The number of amides is 2. The molecule has 0 aromatic heterocycles. The second-order valence-electron chi connectivity index (χ2n) is 5.21. The summed E-state index contributed by atoms with van der Waals surface area (Å²) in [6, 6.07) is 15.5. The normalized spacial score (nSPS) is 10.1. The van der Waals surface area contributed by atoms with Gasteiger partial charge in [0.1, 0.15) is 0 Å². The van der Waals surface area contributed by atoms with E-state index in [0.717, 1.165) is 16.7 Å². The van der Waals surface area contributed by atoms with Crippen LogP contribution in [-0.4, -0.2) is 18.4 Å². The number of anilines is 1. The van der Waals surface area contributed by atoms with Gasteiger partial charge >= 0.3 is 11.8 Å². The molecule has 2 rings (SSSR count). The standard InChI is InChI=1S/C18H20N2O2/c1-13-7-6-8-14(2)16(13)20-18(22)17(21)19-12-11-15-9-4-3-5-10-15/h3-10H,11-12H2,1-2H3,(H,19,21)(H,20,22). The molecule has 0 radical (unpaired) electrons. The molecule has 114 valence electrons. The predicted molar refractivity (Wildman–Crippen MR) is 87.7 cm³/mol. The monoisotopic (exact) mass is 296 g/mol. The van der Waals surface area contributed by atoms with E-state index in [2.05, 4.69) is 10.6 Å². The summed E-state index contributed by atoms with van der Waals surface area (Å²) < 4.78 is 0. The van der Waals surface area contributed by atoms with Gasteiger partial charge in [-0.05, 0) is 37.0 Å². The van der Waals surface area contributed by atoms with Gasteiger partial charge in [-0.3, -0.25) is 9.59 Å². The van der Waals surface area contributed by atoms with E-state index < -0.39 is 11.8 Å². The van der Waals surface area contributed by atoms with Crippen molar-refractivity contribution in [1.29, 1.82) is 0 Å². The Morgan fingerprint density at radius 3 is 2.14 bits per heavy atom. The van der Waals surface area contributed by atoms with Crippen LogP contribution in [0.15, 0.2) is 48.5 Å². The minimum Gasteiger partial charge on any atom is -0.347 e. The van der Waals surface area contributed by atoms with Crippen molar-refractivity contribution in [1.82, 2.24) is 5.32 Å². The highest BCUT2D eigenvalue weighted by atomic mass is 16.2. The number of para-hydroxylation sites is 1. The molecule has 4 nitrogen and oxygen atoms in total. The van der Waals surface area contributed by atoms with Crippen LogP contribution in [0.2, 0.25) is 0 Å². The van der Waals surface area contributed by atoms with Gasteiger partial charge in [0.15, 0.2) is 0 Å². The van der Waals surface area contributed by atoms with Gasteiger partial charge in [0.25, 0.3) is 0 Å². The first-order valence-electron chi connectivity index (χ1n) is 7.27. The van der Waals surface area contributed by atoms with Crippen molar-refractivity contribution in [2.45, 2.75) is 20.3 Å². The summed E-state index contributed by atoms with van der Waals surface area (Å²) in [5.74, 6) is -1.25. The molecule has 2 N–H and O–H groups in total. The third-order valence-electron chi connectivity index (χ3n) is 3.47. The lowest BCUT2D eigenvalue weighted by Crippen LogP contribution is -2.36. The first-order chi connectivity index (χ1) is 10.6. The molecule has 0 saturated carbocycles. The second kappa shape index (κ2) is 7.41. The summed E-state index contributed by atoms with van der Waals surface area (Å²) in [5.41, 5.74) is 3.69. The van der Waals surface area contributed by atoms with Crippen molar-refractivity contribution >= 4 is 17.5 Å². The molecule has 2 aromatic rings. The van der Waals surface area contributed by atoms with Crippen molar-refractivity contribution in [2.24, 2.45) is 0 Å². The zero-order valence-electron chi connectivity index (χ0n) is 12.8. The Hall–Kier alpha value is -2.62. The van der Waals surface area contributed by atoms with E-state index in [1.165, 1.54) is 0 Å². The zero-order valence-corrected chi connectivity index (χ0v) is 12.8. The number of carbonyl (C=O) groups excluding carboxylic acids is 2. The third-order valence-corrected chi connectivity index (χ3v) is 3.47. The fourth-order valence-electron chi connectivity index (χ4n) is 2.23. The van der Waals surface area contributed by atoms with Gasteiger partial charge in [-0.1, -0.05) is 48.5 Å². The maximum atomic E-state index is 11.9. The first-order valence-corrected chi connectivity index (χ1v) is 7.27. The first kappa shape index (κ1) is 15.8. The second-order valence-corrected chi connectivity index (χ2v) is 5.21. The number of rotatable bonds is 4. The average Bonchev–Trinajstić information content (AvgIpc) is 2.52. The highest BCUT2D eigenvalue weighted by molar-refractivity contribution is 6.39. The summed E-state index contributed by atoms with van der Waals surface area (Å²) in [7, 11) is 0. The molecule has 0 aliphatic heterocycles. The van der Waals surface area contributed by atoms with Crippen LogP contribution in [0.1, 0.15) is 16.7 Å². The Kier molecular flexibility index (Phi) is 5.31. The van der Waals surface area contributed by atoms with E-state index in [1.54, 1.807) is 0 Å². The predicted octanol–water partition coefficient (Wildman–Crippen LogP) is 2.60. The van der Waals surface area contributed by atoms with Crippen molar-refractivity contribution < 1.29 is 9.59 Å². The maximum Gasteiger partial charge on any atom is 0.313 e. The highest BCUT2D eigenvalue weighted by Crippen LogP contribution is 2.19. The quantitative estimate of drug-likeness (QED) is 0.852. The Bertz CT molecular complexity index is 646. The summed E-state index contributed by atoms with van der Waals surface area (Å²) >= 11 is 0. The molecular weight excluding hydrogens is 276 g/mol. The fourth-order valence-corrected chi connectivity index (χ4v) is 2.23. The maximum absolute atomic E-state index is 11.9. The molecule has 22 heavy (non-hydrogen) atoms. The Morgan fingerprint density at radius 1 is 0.864 bits per heavy atom. The Balaban J connectivity index is 1.86. The number of hydrogen-bond acceptors (Lipinski definition) is 2. The van der Waals surface area contributed by atoms with E-state index in [4.69, 9.17) is 0 Å².